The molecule has 0 saturated heterocycles. The molecular formula is C45H29N3S. The van der Waals surface area contributed by atoms with Crippen LogP contribution in [0.5, 0.6) is 0 Å². The quantitative estimate of drug-likeness (QED) is 0.181. The van der Waals surface area contributed by atoms with Crippen molar-refractivity contribution in [2.75, 3.05) is 0 Å². The van der Waals surface area contributed by atoms with E-state index in [0.717, 1.165) is 27.8 Å². The van der Waals surface area contributed by atoms with Gasteiger partial charge in [0.1, 0.15) is 0 Å². The van der Waals surface area contributed by atoms with E-state index in [9.17, 15) is 0 Å². The van der Waals surface area contributed by atoms with Crippen LogP contribution in [-0.2, 0) is 0 Å². The molecule has 9 rings (SSSR count). The van der Waals surface area contributed by atoms with Crippen LogP contribution in [0, 0.1) is 0 Å². The van der Waals surface area contributed by atoms with E-state index < -0.39 is 0 Å². The van der Waals surface area contributed by atoms with E-state index in [0.29, 0.717) is 17.5 Å². The van der Waals surface area contributed by atoms with Gasteiger partial charge < -0.3 is 0 Å². The van der Waals surface area contributed by atoms with Crippen molar-refractivity contribution in [1.82, 2.24) is 15.0 Å². The summed E-state index contributed by atoms with van der Waals surface area (Å²) in [5, 5.41) is 2.64. The van der Waals surface area contributed by atoms with Gasteiger partial charge in [-0.2, -0.15) is 0 Å². The monoisotopic (exact) mass is 643 g/mol. The molecule has 2 aromatic heterocycles. The van der Waals surface area contributed by atoms with Crippen LogP contribution in [0.4, 0.5) is 0 Å². The maximum Gasteiger partial charge on any atom is 0.164 e. The molecule has 0 aliphatic rings. The molecule has 0 atom stereocenters. The van der Waals surface area contributed by atoms with Crippen LogP contribution in [0.25, 0.3) is 87.7 Å². The lowest BCUT2D eigenvalue weighted by Crippen LogP contribution is -2.00. The standard InChI is InChI=1S/C45H29N3S/c1-3-10-30(11-4-1)31-18-22-34(23-19-31)44-46-43(33-12-5-2-6-13-33)47-45(48-44)35-24-20-32(21-25-35)36-14-9-15-37(28-36)38-26-27-40-39-16-7-8-17-41(39)49-42(40)29-38/h1-29H. The zero-order valence-corrected chi connectivity index (χ0v) is 27.3. The third kappa shape index (κ3) is 5.69. The Morgan fingerprint density at radius 2 is 0.653 bits per heavy atom. The van der Waals surface area contributed by atoms with Crippen LogP contribution >= 0.6 is 11.3 Å². The van der Waals surface area contributed by atoms with Crippen molar-refractivity contribution in [3.63, 3.8) is 0 Å². The van der Waals surface area contributed by atoms with E-state index in [1.165, 1.54) is 42.4 Å². The lowest BCUT2D eigenvalue weighted by molar-refractivity contribution is 1.07. The summed E-state index contributed by atoms with van der Waals surface area (Å²) in [7, 11) is 0. The van der Waals surface area contributed by atoms with E-state index >= 15 is 0 Å². The number of thiophene rings is 1. The Morgan fingerprint density at radius 1 is 0.265 bits per heavy atom. The van der Waals surface area contributed by atoms with E-state index in [4.69, 9.17) is 15.0 Å². The number of hydrogen-bond donors (Lipinski definition) is 0. The van der Waals surface area contributed by atoms with Gasteiger partial charge >= 0.3 is 0 Å². The van der Waals surface area contributed by atoms with Gasteiger partial charge in [-0.1, -0.05) is 158 Å². The number of rotatable bonds is 6. The lowest BCUT2D eigenvalue weighted by Gasteiger charge is -2.10. The summed E-state index contributed by atoms with van der Waals surface area (Å²) in [6.07, 6.45) is 0. The summed E-state index contributed by atoms with van der Waals surface area (Å²) in [5.74, 6) is 1.95. The average Bonchev–Trinajstić information content (AvgIpc) is 3.57. The van der Waals surface area contributed by atoms with Gasteiger partial charge in [0.15, 0.2) is 17.5 Å². The average molecular weight is 644 g/mol. The zero-order chi connectivity index (χ0) is 32.6. The van der Waals surface area contributed by atoms with Crippen molar-refractivity contribution >= 4 is 31.5 Å². The van der Waals surface area contributed by atoms with Crippen LogP contribution in [0.2, 0.25) is 0 Å². The molecule has 0 unspecified atom stereocenters. The van der Waals surface area contributed by atoms with Crippen LogP contribution in [0.15, 0.2) is 176 Å². The molecule has 0 aliphatic heterocycles. The largest absolute Gasteiger partial charge is 0.208 e. The maximum atomic E-state index is 4.98. The first kappa shape index (κ1) is 29.0. The lowest BCUT2D eigenvalue weighted by atomic mass is 9.98. The Morgan fingerprint density at radius 3 is 1.29 bits per heavy atom. The van der Waals surface area contributed by atoms with Gasteiger partial charge in [0.25, 0.3) is 0 Å². The molecule has 0 amide bonds. The van der Waals surface area contributed by atoms with Crippen molar-refractivity contribution in [2.24, 2.45) is 0 Å². The Hall–Kier alpha value is -6.23. The summed E-state index contributed by atoms with van der Waals surface area (Å²) < 4.78 is 2.64. The molecule has 0 saturated carbocycles. The van der Waals surface area contributed by atoms with Gasteiger partial charge in [-0.15, -0.1) is 11.3 Å². The Bertz CT molecular complexity index is 2570. The molecule has 0 bridgehead atoms. The number of fused-ring (bicyclic) bond motifs is 3. The third-order valence-electron chi connectivity index (χ3n) is 8.97. The van der Waals surface area contributed by atoms with Gasteiger partial charge in [-0.3, -0.25) is 0 Å². The summed E-state index contributed by atoms with van der Waals surface area (Å²) in [5.41, 5.74) is 9.91. The van der Waals surface area contributed by atoms with Crippen molar-refractivity contribution in [3.8, 4) is 67.5 Å². The first-order chi connectivity index (χ1) is 24.2. The highest BCUT2D eigenvalue weighted by atomic mass is 32.1. The minimum atomic E-state index is 0.646. The minimum Gasteiger partial charge on any atom is -0.208 e. The predicted octanol–water partition coefficient (Wildman–Crippen LogP) is 12.2. The molecule has 0 N–H and O–H groups in total. The van der Waals surface area contributed by atoms with Crippen LogP contribution in [0.3, 0.4) is 0 Å². The molecule has 0 aliphatic carbocycles. The molecule has 49 heavy (non-hydrogen) atoms. The minimum absolute atomic E-state index is 0.646. The summed E-state index contributed by atoms with van der Waals surface area (Å²) in [4.78, 5) is 14.8. The highest BCUT2D eigenvalue weighted by molar-refractivity contribution is 7.25. The molecule has 3 nitrogen and oxygen atoms in total. The Kier molecular flexibility index (Phi) is 7.34. The fourth-order valence-electron chi connectivity index (χ4n) is 6.39. The van der Waals surface area contributed by atoms with Gasteiger partial charge in [0.05, 0.1) is 0 Å². The SMILES string of the molecule is c1ccc(-c2ccc(-c3nc(-c4ccccc4)nc(-c4ccc(-c5cccc(-c6ccc7c(c6)sc6ccccc67)c5)cc4)n3)cc2)cc1. The van der Waals surface area contributed by atoms with Gasteiger partial charge in [-0.25, -0.2) is 15.0 Å². The van der Waals surface area contributed by atoms with E-state index in [1.807, 2.05) is 47.7 Å². The topological polar surface area (TPSA) is 38.7 Å². The fourth-order valence-corrected chi connectivity index (χ4v) is 7.53. The Balaban J connectivity index is 1.05. The summed E-state index contributed by atoms with van der Waals surface area (Å²) >= 11 is 1.85. The smallest absolute Gasteiger partial charge is 0.164 e. The number of aromatic nitrogens is 3. The fraction of sp³-hybridized carbons (Fsp3) is 0. The number of nitrogens with zero attached hydrogens (tertiary/aromatic N) is 3. The highest BCUT2D eigenvalue weighted by Gasteiger charge is 2.13. The van der Waals surface area contributed by atoms with Crippen molar-refractivity contribution < 1.29 is 0 Å². The molecule has 7 aromatic carbocycles. The summed E-state index contributed by atoms with van der Waals surface area (Å²) in [6.45, 7) is 0. The van der Waals surface area contributed by atoms with Crippen LogP contribution in [-0.4, -0.2) is 15.0 Å². The predicted molar refractivity (Wildman–Crippen MR) is 205 cm³/mol. The number of hydrogen-bond acceptors (Lipinski definition) is 4. The number of benzene rings is 7. The van der Waals surface area contributed by atoms with Crippen molar-refractivity contribution in [2.45, 2.75) is 0 Å². The van der Waals surface area contributed by atoms with Crippen molar-refractivity contribution in [3.05, 3.63) is 176 Å². The first-order valence-electron chi connectivity index (χ1n) is 16.4. The van der Waals surface area contributed by atoms with Crippen LogP contribution in [0.1, 0.15) is 0 Å². The molecule has 230 valence electrons. The second kappa shape index (κ2) is 12.4. The molecule has 0 radical (unpaired) electrons. The van der Waals surface area contributed by atoms with E-state index in [-0.39, 0.29) is 0 Å². The normalized spacial score (nSPS) is 11.3. The molecule has 2 heterocycles. The maximum absolute atomic E-state index is 4.98. The molecular weight excluding hydrogens is 615 g/mol. The molecule has 4 heteroatoms. The second-order valence-electron chi connectivity index (χ2n) is 12.1. The van der Waals surface area contributed by atoms with Gasteiger partial charge in [-0.05, 0) is 51.6 Å². The van der Waals surface area contributed by atoms with Crippen molar-refractivity contribution in [1.29, 1.82) is 0 Å². The molecule has 0 spiro atoms. The van der Waals surface area contributed by atoms with Gasteiger partial charge in [0.2, 0.25) is 0 Å². The third-order valence-corrected chi connectivity index (χ3v) is 10.1. The van der Waals surface area contributed by atoms with E-state index in [1.54, 1.807) is 0 Å². The van der Waals surface area contributed by atoms with E-state index in [2.05, 4.69) is 140 Å². The first-order valence-corrected chi connectivity index (χ1v) is 17.2. The Labute approximate surface area is 288 Å². The zero-order valence-electron chi connectivity index (χ0n) is 26.5. The second-order valence-corrected chi connectivity index (χ2v) is 13.2. The van der Waals surface area contributed by atoms with Crippen LogP contribution < -0.4 is 0 Å². The van der Waals surface area contributed by atoms with Gasteiger partial charge in [0, 0.05) is 36.9 Å². The molecule has 9 aromatic rings. The molecule has 0 fully saturated rings. The summed E-state index contributed by atoms with van der Waals surface area (Å²) in [6, 6.07) is 61.7. The highest BCUT2D eigenvalue weighted by Crippen LogP contribution is 2.37.